The van der Waals surface area contributed by atoms with Crippen LogP contribution in [0, 0.1) is 0 Å². The van der Waals surface area contributed by atoms with Crippen LogP contribution in [0.4, 0.5) is 5.69 Å². The molecular formula is C20H17N3O4S. The van der Waals surface area contributed by atoms with E-state index in [1.54, 1.807) is 30.8 Å². The van der Waals surface area contributed by atoms with Crippen molar-refractivity contribution in [2.24, 2.45) is 0 Å². The fourth-order valence-corrected chi connectivity index (χ4v) is 3.66. The van der Waals surface area contributed by atoms with E-state index in [4.69, 9.17) is 9.15 Å². The fraction of sp³-hybridized carbons (Fsp3) is 0.200. The summed E-state index contributed by atoms with van der Waals surface area (Å²) in [5, 5.41) is 10.8. The van der Waals surface area contributed by atoms with Crippen LogP contribution in [0.15, 0.2) is 57.8 Å². The summed E-state index contributed by atoms with van der Waals surface area (Å²) in [4.78, 5) is 25.2. The van der Waals surface area contributed by atoms with Gasteiger partial charge in [-0.3, -0.25) is 4.79 Å². The Morgan fingerprint density at radius 1 is 1.21 bits per heavy atom. The number of benzene rings is 2. The van der Waals surface area contributed by atoms with Gasteiger partial charge in [-0.25, -0.2) is 4.79 Å². The molecule has 0 unspecified atom stereocenters. The predicted molar refractivity (Wildman–Crippen MR) is 104 cm³/mol. The third-order valence-electron chi connectivity index (χ3n) is 4.17. The second-order valence-corrected chi connectivity index (χ2v) is 7.35. The Morgan fingerprint density at radius 2 is 2.04 bits per heavy atom. The molecule has 1 aromatic heterocycles. The van der Waals surface area contributed by atoms with Gasteiger partial charge in [-0.2, -0.15) is 0 Å². The minimum Gasteiger partial charge on any atom is -0.449 e. The summed E-state index contributed by atoms with van der Waals surface area (Å²) in [6, 6.07) is 14.5. The summed E-state index contributed by atoms with van der Waals surface area (Å²) in [5.41, 5.74) is 1.76. The molecule has 0 aliphatic carbocycles. The molecule has 0 saturated carbocycles. The van der Waals surface area contributed by atoms with Crippen LogP contribution in [-0.4, -0.2) is 27.8 Å². The first-order valence-corrected chi connectivity index (χ1v) is 9.75. The third kappa shape index (κ3) is 3.91. The SMILES string of the molecule is C[C@@H](OC(=O)c1ccc2c(c1)NC(=O)CCS2)c1nnc(-c2ccccc2)o1. The van der Waals surface area contributed by atoms with Crippen LogP contribution < -0.4 is 5.32 Å². The van der Waals surface area contributed by atoms with Crippen molar-refractivity contribution in [3.63, 3.8) is 0 Å². The van der Waals surface area contributed by atoms with Gasteiger partial charge >= 0.3 is 5.97 Å². The van der Waals surface area contributed by atoms with E-state index >= 15 is 0 Å². The molecule has 1 amide bonds. The minimum atomic E-state index is -0.708. The van der Waals surface area contributed by atoms with Gasteiger partial charge < -0.3 is 14.5 Å². The number of nitrogens with zero attached hydrogens (tertiary/aromatic N) is 2. The van der Waals surface area contributed by atoms with Gasteiger partial charge in [0, 0.05) is 22.6 Å². The predicted octanol–water partition coefficient (Wildman–Crippen LogP) is 4.09. The summed E-state index contributed by atoms with van der Waals surface area (Å²) < 4.78 is 11.1. The van der Waals surface area contributed by atoms with E-state index in [0.29, 0.717) is 29.3 Å². The Labute approximate surface area is 165 Å². The number of rotatable bonds is 4. The lowest BCUT2D eigenvalue weighted by Crippen LogP contribution is -2.12. The molecule has 0 fully saturated rings. The van der Waals surface area contributed by atoms with Gasteiger partial charge in [-0.1, -0.05) is 18.2 Å². The number of ether oxygens (including phenoxy) is 1. The minimum absolute atomic E-state index is 0.0653. The first kappa shape index (κ1) is 18.2. The second-order valence-electron chi connectivity index (χ2n) is 6.22. The van der Waals surface area contributed by atoms with Crippen molar-refractivity contribution in [2.45, 2.75) is 24.3 Å². The van der Waals surface area contributed by atoms with Gasteiger partial charge in [0.15, 0.2) is 6.10 Å². The van der Waals surface area contributed by atoms with Gasteiger partial charge in [-0.05, 0) is 37.3 Å². The van der Waals surface area contributed by atoms with Crippen LogP contribution in [-0.2, 0) is 9.53 Å². The van der Waals surface area contributed by atoms with Crippen LogP contribution in [0.25, 0.3) is 11.5 Å². The number of fused-ring (bicyclic) bond motifs is 1. The number of hydrogen-bond acceptors (Lipinski definition) is 7. The molecule has 1 N–H and O–H groups in total. The maximum absolute atomic E-state index is 12.5. The number of anilines is 1. The van der Waals surface area contributed by atoms with Gasteiger partial charge in [0.25, 0.3) is 5.89 Å². The van der Waals surface area contributed by atoms with Crippen LogP contribution in [0.2, 0.25) is 0 Å². The summed E-state index contributed by atoms with van der Waals surface area (Å²) in [5.74, 6) is 0.692. The molecule has 0 radical (unpaired) electrons. The highest BCUT2D eigenvalue weighted by Crippen LogP contribution is 2.32. The molecule has 2 heterocycles. The Balaban J connectivity index is 1.48. The third-order valence-corrected chi connectivity index (χ3v) is 5.24. The first-order chi connectivity index (χ1) is 13.6. The van der Waals surface area contributed by atoms with Crippen molar-refractivity contribution in [1.82, 2.24) is 10.2 Å². The maximum atomic E-state index is 12.5. The summed E-state index contributed by atoms with van der Waals surface area (Å²) >= 11 is 1.58. The summed E-state index contributed by atoms with van der Waals surface area (Å²) in [6.45, 7) is 1.67. The molecule has 1 aliphatic rings. The van der Waals surface area contributed by atoms with E-state index in [2.05, 4.69) is 15.5 Å². The zero-order valence-corrected chi connectivity index (χ0v) is 15.9. The average Bonchev–Trinajstić information content (AvgIpc) is 3.12. The molecule has 4 rings (SSSR count). The molecule has 2 aromatic carbocycles. The van der Waals surface area contributed by atoms with Gasteiger partial charge in [-0.15, -0.1) is 22.0 Å². The molecule has 1 aliphatic heterocycles. The molecule has 0 saturated heterocycles. The summed E-state index contributed by atoms with van der Waals surface area (Å²) in [7, 11) is 0. The Kier molecular flexibility index (Phi) is 5.12. The van der Waals surface area contributed by atoms with Gasteiger partial charge in [0.2, 0.25) is 11.8 Å². The lowest BCUT2D eigenvalue weighted by atomic mass is 10.2. The highest BCUT2D eigenvalue weighted by molar-refractivity contribution is 7.99. The van der Waals surface area contributed by atoms with Crippen molar-refractivity contribution in [2.75, 3.05) is 11.1 Å². The van der Waals surface area contributed by atoms with Crippen molar-refractivity contribution in [3.05, 3.63) is 60.0 Å². The van der Waals surface area contributed by atoms with Crippen LogP contribution in [0.5, 0.6) is 0 Å². The molecule has 7 nitrogen and oxygen atoms in total. The molecule has 3 aromatic rings. The van der Waals surface area contributed by atoms with Gasteiger partial charge in [0.1, 0.15) is 0 Å². The molecule has 1 atom stereocenters. The maximum Gasteiger partial charge on any atom is 0.338 e. The second kappa shape index (κ2) is 7.85. The standard InChI is InChI=1S/C20H17N3O4S/c1-12(18-22-23-19(27-18)13-5-3-2-4-6-13)26-20(25)14-7-8-16-15(11-14)21-17(24)9-10-28-16/h2-8,11-12H,9-10H2,1H3,(H,21,24)/t12-/m1/s1. The first-order valence-electron chi connectivity index (χ1n) is 8.76. The summed E-state index contributed by atoms with van der Waals surface area (Å²) in [6.07, 6.45) is -0.267. The molecule has 0 spiro atoms. The topological polar surface area (TPSA) is 94.3 Å². The largest absolute Gasteiger partial charge is 0.449 e. The average molecular weight is 395 g/mol. The highest BCUT2D eigenvalue weighted by atomic mass is 32.2. The number of aromatic nitrogens is 2. The zero-order chi connectivity index (χ0) is 19.5. The van der Waals surface area contributed by atoms with E-state index in [9.17, 15) is 9.59 Å². The molecule has 142 valence electrons. The number of esters is 1. The van der Waals surface area contributed by atoms with E-state index in [0.717, 1.165) is 10.5 Å². The van der Waals surface area contributed by atoms with Crippen LogP contribution in [0.3, 0.4) is 0 Å². The fourth-order valence-electron chi connectivity index (χ4n) is 2.72. The van der Waals surface area contributed by atoms with E-state index in [-0.39, 0.29) is 11.8 Å². The van der Waals surface area contributed by atoms with E-state index in [1.165, 1.54) is 0 Å². The number of thioether (sulfide) groups is 1. The lowest BCUT2D eigenvalue weighted by molar-refractivity contribution is -0.115. The van der Waals surface area contributed by atoms with E-state index < -0.39 is 12.1 Å². The van der Waals surface area contributed by atoms with Crippen molar-refractivity contribution in [3.8, 4) is 11.5 Å². The molecular weight excluding hydrogens is 378 g/mol. The molecule has 0 bridgehead atoms. The number of carbonyl (C=O) groups is 2. The number of nitrogens with one attached hydrogen (secondary N) is 1. The molecule has 28 heavy (non-hydrogen) atoms. The smallest absolute Gasteiger partial charge is 0.338 e. The van der Waals surface area contributed by atoms with Crippen molar-refractivity contribution >= 4 is 29.3 Å². The lowest BCUT2D eigenvalue weighted by Gasteiger charge is -2.11. The van der Waals surface area contributed by atoms with Crippen molar-refractivity contribution in [1.29, 1.82) is 0 Å². The Morgan fingerprint density at radius 3 is 2.86 bits per heavy atom. The Hall–Kier alpha value is -3.13. The zero-order valence-electron chi connectivity index (χ0n) is 15.0. The Bertz CT molecular complexity index is 1020. The van der Waals surface area contributed by atoms with Crippen LogP contribution >= 0.6 is 11.8 Å². The van der Waals surface area contributed by atoms with E-state index in [1.807, 2.05) is 36.4 Å². The van der Waals surface area contributed by atoms with Crippen molar-refractivity contribution < 1.29 is 18.7 Å². The number of carbonyl (C=O) groups excluding carboxylic acids is 2. The van der Waals surface area contributed by atoms with Crippen LogP contribution in [0.1, 0.15) is 35.7 Å². The quantitative estimate of drug-likeness (QED) is 0.665. The monoisotopic (exact) mass is 395 g/mol. The number of amides is 1. The molecule has 8 heteroatoms. The number of hydrogen-bond donors (Lipinski definition) is 1. The van der Waals surface area contributed by atoms with Gasteiger partial charge in [0.05, 0.1) is 11.3 Å². The highest BCUT2D eigenvalue weighted by Gasteiger charge is 2.21. The normalized spacial score (nSPS) is 14.5.